The molecule has 1 saturated heterocycles. The topological polar surface area (TPSA) is 59.5 Å². The van der Waals surface area contributed by atoms with Crippen LogP contribution in [-0.2, 0) is 26.7 Å². The van der Waals surface area contributed by atoms with Crippen molar-refractivity contribution in [2.45, 2.75) is 51.7 Å². The van der Waals surface area contributed by atoms with Gasteiger partial charge >= 0.3 is 0 Å². The Morgan fingerprint density at radius 3 is 2.55 bits per heavy atom. The number of hydrogen-bond donors (Lipinski definition) is 0. The second kappa shape index (κ2) is 6.64. The van der Waals surface area contributed by atoms with Crippen molar-refractivity contribution in [2.75, 3.05) is 19.4 Å². The quantitative estimate of drug-likeness (QED) is 0.833. The first-order valence-corrected chi connectivity index (χ1v) is 9.53. The Balaban J connectivity index is 2.09. The molecule has 0 aliphatic carbocycles. The molecule has 1 fully saturated rings. The van der Waals surface area contributed by atoms with Gasteiger partial charge in [-0.2, -0.15) is 4.31 Å². The van der Waals surface area contributed by atoms with E-state index < -0.39 is 10.0 Å². The van der Waals surface area contributed by atoms with Gasteiger partial charge in [-0.05, 0) is 24.5 Å². The number of sulfonamides is 1. The predicted octanol–water partition coefficient (Wildman–Crippen LogP) is 2.32. The Hall–Kier alpha value is -0.980. The van der Waals surface area contributed by atoms with Gasteiger partial charge in [-0.1, -0.05) is 26.8 Å². The van der Waals surface area contributed by atoms with Crippen molar-refractivity contribution in [3.8, 4) is 0 Å². The Bertz CT molecular complexity index is 585. The fourth-order valence-electron chi connectivity index (χ4n) is 2.50. The van der Waals surface area contributed by atoms with Crippen LogP contribution in [0, 0.1) is 0 Å². The second-order valence-electron chi connectivity index (χ2n) is 6.99. The molecule has 0 bridgehead atoms. The zero-order valence-corrected chi connectivity index (χ0v) is 14.7. The lowest BCUT2D eigenvalue weighted by Crippen LogP contribution is -2.36. The monoisotopic (exact) mass is 326 g/mol. The van der Waals surface area contributed by atoms with E-state index >= 15 is 0 Å². The summed E-state index contributed by atoms with van der Waals surface area (Å²) in [7, 11) is -3.26. The van der Waals surface area contributed by atoms with E-state index in [2.05, 4.69) is 25.8 Å². The Morgan fingerprint density at radius 2 is 2.09 bits per heavy atom. The van der Waals surface area contributed by atoms with Crippen LogP contribution in [0.15, 0.2) is 18.3 Å². The van der Waals surface area contributed by atoms with Crippen molar-refractivity contribution >= 4 is 10.0 Å². The van der Waals surface area contributed by atoms with Gasteiger partial charge in [0.05, 0.1) is 12.4 Å². The largest absolute Gasteiger partial charge is 0.377 e. The fraction of sp³-hybridized carbons (Fsp3) is 0.688. The van der Waals surface area contributed by atoms with Gasteiger partial charge in [0.25, 0.3) is 0 Å². The molecule has 2 rings (SSSR count). The molecular formula is C16H26N2O3S. The van der Waals surface area contributed by atoms with E-state index in [9.17, 15) is 8.42 Å². The van der Waals surface area contributed by atoms with Gasteiger partial charge in [0.2, 0.25) is 10.0 Å². The van der Waals surface area contributed by atoms with Crippen molar-refractivity contribution in [3.63, 3.8) is 0 Å². The molecule has 2 heterocycles. The van der Waals surface area contributed by atoms with E-state index in [1.165, 1.54) is 10.6 Å². The lowest BCUT2D eigenvalue weighted by atomic mass is 9.91. The third kappa shape index (κ3) is 4.76. The summed E-state index contributed by atoms with van der Waals surface area (Å²) < 4.78 is 31.0. The molecule has 1 aromatic rings. The standard InChI is InChI=1S/C16H26N2O3S/c1-16(2,3)15-8-7-13(10-17-15)11-18(22(4,19)20)12-14-6-5-9-21-14/h7-8,10,14H,5-6,9,11-12H2,1-4H3/t14-/m1/s1. The predicted molar refractivity (Wildman–Crippen MR) is 87.2 cm³/mol. The summed E-state index contributed by atoms with van der Waals surface area (Å²) in [5, 5.41) is 0. The molecule has 0 spiro atoms. The van der Waals surface area contributed by atoms with Crippen molar-refractivity contribution in [1.29, 1.82) is 0 Å². The van der Waals surface area contributed by atoms with E-state index in [1.807, 2.05) is 12.1 Å². The number of nitrogens with zero attached hydrogens (tertiary/aromatic N) is 2. The SMILES string of the molecule is CC(C)(C)c1ccc(CN(C[C@H]2CCCO2)S(C)(=O)=O)cn1. The first-order chi connectivity index (χ1) is 10.2. The van der Waals surface area contributed by atoms with Gasteiger partial charge in [-0.15, -0.1) is 0 Å². The molecule has 6 heteroatoms. The smallest absolute Gasteiger partial charge is 0.211 e. The van der Waals surface area contributed by atoms with Crippen molar-refractivity contribution < 1.29 is 13.2 Å². The van der Waals surface area contributed by atoms with E-state index in [0.717, 1.165) is 30.7 Å². The molecule has 0 saturated carbocycles. The third-order valence-electron chi connectivity index (χ3n) is 3.85. The lowest BCUT2D eigenvalue weighted by Gasteiger charge is -2.23. The highest BCUT2D eigenvalue weighted by Crippen LogP contribution is 2.21. The maximum Gasteiger partial charge on any atom is 0.211 e. The maximum absolute atomic E-state index is 12.0. The molecule has 124 valence electrons. The molecule has 0 radical (unpaired) electrons. The molecule has 0 amide bonds. The summed E-state index contributed by atoms with van der Waals surface area (Å²) in [5.74, 6) is 0. The molecule has 5 nitrogen and oxygen atoms in total. The molecule has 1 aromatic heterocycles. The van der Waals surface area contributed by atoms with Crippen LogP contribution in [0.4, 0.5) is 0 Å². The van der Waals surface area contributed by atoms with Crippen LogP contribution in [0.25, 0.3) is 0 Å². The van der Waals surface area contributed by atoms with E-state index in [-0.39, 0.29) is 11.5 Å². The molecule has 0 unspecified atom stereocenters. The minimum Gasteiger partial charge on any atom is -0.377 e. The average Bonchev–Trinajstić information content (AvgIpc) is 2.89. The molecule has 1 aliphatic rings. The first-order valence-electron chi connectivity index (χ1n) is 7.68. The molecular weight excluding hydrogens is 300 g/mol. The van der Waals surface area contributed by atoms with Gasteiger partial charge in [0.15, 0.2) is 0 Å². The van der Waals surface area contributed by atoms with Gasteiger partial charge in [-0.3, -0.25) is 4.98 Å². The fourth-order valence-corrected chi connectivity index (χ4v) is 3.32. The molecule has 22 heavy (non-hydrogen) atoms. The van der Waals surface area contributed by atoms with E-state index in [1.54, 1.807) is 6.20 Å². The van der Waals surface area contributed by atoms with Gasteiger partial charge < -0.3 is 4.74 Å². The van der Waals surface area contributed by atoms with Crippen molar-refractivity contribution in [3.05, 3.63) is 29.6 Å². The summed E-state index contributed by atoms with van der Waals surface area (Å²) in [5.41, 5.74) is 1.89. The number of rotatable bonds is 5. The summed E-state index contributed by atoms with van der Waals surface area (Å²) in [6.45, 7) is 7.81. The highest BCUT2D eigenvalue weighted by atomic mass is 32.2. The second-order valence-corrected chi connectivity index (χ2v) is 8.97. The maximum atomic E-state index is 12.0. The Kier molecular flexibility index (Phi) is 5.25. The summed E-state index contributed by atoms with van der Waals surface area (Å²) in [6, 6.07) is 3.93. The third-order valence-corrected chi connectivity index (χ3v) is 5.07. The minimum atomic E-state index is -3.26. The lowest BCUT2D eigenvalue weighted by molar-refractivity contribution is 0.0927. The zero-order valence-electron chi connectivity index (χ0n) is 13.9. The number of aromatic nitrogens is 1. The Labute approximate surface area is 133 Å². The van der Waals surface area contributed by atoms with Crippen LogP contribution >= 0.6 is 0 Å². The highest BCUT2D eigenvalue weighted by molar-refractivity contribution is 7.88. The van der Waals surface area contributed by atoms with Crippen LogP contribution in [0.5, 0.6) is 0 Å². The van der Waals surface area contributed by atoms with Crippen LogP contribution in [0.2, 0.25) is 0 Å². The summed E-state index contributed by atoms with van der Waals surface area (Å²) in [6.07, 6.45) is 4.96. The molecule has 0 N–H and O–H groups in total. The Morgan fingerprint density at radius 1 is 1.36 bits per heavy atom. The van der Waals surface area contributed by atoms with Crippen LogP contribution in [0.1, 0.15) is 44.9 Å². The van der Waals surface area contributed by atoms with Crippen molar-refractivity contribution in [2.24, 2.45) is 0 Å². The summed E-state index contributed by atoms with van der Waals surface area (Å²) >= 11 is 0. The number of pyridine rings is 1. The van der Waals surface area contributed by atoms with Gasteiger partial charge in [-0.25, -0.2) is 8.42 Å². The van der Waals surface area contributed by atoms with Gasteiger partial charge in [0, 0.05) is 37.0 Å². The van der Waals surface area contributed by atoms with Crippen LogP contribution in [0.3, 0.4) is 0 Å². The van der Waals surface area contributed by atoms with Crippen LogP contribution in [-0.4, -0.2) is 43.2 Å². The molecule has 0 aromatic carbocycles. The zero-order chi connectivity index (χ0) is 16.4. The summed E-state index contributed by atoms with van der Waals surface area (Å²) in [4.78, 5) is 4.46. The normalized spacial score (nSPS) is 19.8. The average molecular weight is 326 g/mol. The minimum absolute atomic E-state index is 0.00721. The number of hydrogen-bond acceptors (Lipinski definition) is 4. The van der Waals surface area contributed by atoms with Crippen molar-refractivity contribution in [1.82, 2.24) is 9.29 Å². The molecule has 1 atom stereocenters. The highest BCUT2D eigenvalue weighted by Gasteiger charge is 2.25. The molecule has 1 aliphatic heterocycles. The number of ether oxygens (including phenoxy) is 1. The van der Waals surface area contributed by atoms with E-state index in [0.29, 0.717) is 13.1 Å². The van der Waals surface area contributed by atoms with Gasteiger partial charge in [0.1, 0.15) is 0 Å². The first kappa shape index (κ1) is 17.4. The van der Waals surface area contributed by atoms with Crippen LogP contribution < -0.4 is 0 Å². The van der Waals surface area contributed by atoms with E-state index in [4.69, 9.17) is 4.74 Å².